The summed E-state index contributed by atoms with van der Waals surface area (Å²) in [6.07, 6.45) is 4.34. The Morgan fingerprint density at radius 1 is 1.47 bits per heavy atom. The van der Waals surface area contributed by atoms with Crippen molar-refractivity contribution in [2.75, 3.05) is 23.7 Å². The topological polar surface area (TPSA) is 42.2 Å². The largest absolute Gasteiger partial charge is 0.389 e. The maximum Gasteiger partial charge on any atom is 0.187 e. The molecule has 15 heavy (non-hydrogen) atoms. The van der Waals surface area contributed by atoms with Gasteiger partial charge in [-0.2, -0.15) is 0 Å². The van der Waals surface area contributed by atoms with Crippen molar-refractivity contribution < 1.29 is 0 Å². The zero-order valence-corrected chi connectivity index (χ0v) is 10.3. The van der Waals surface area contributed by atoms with Crippen LogP contribution in [0, 0.1) is 11.8 Å². The van der Waals surface area contributed by atoms with Gasteiger partial charge in [0.1, 0.15) is 5.00 Å². The lowest BCUT2D eigenvalue weighted by Crippen LogP contribution is -2.35. The van der Waals surface area contributed by atoms with Gasteiger partial charge in [-0.25, -0.2) is 4.98 Å². The van der Waals surface area contributed by atoms with Crippen LogP contribution < -0.4 is 10.6 Å². The third kappa shape index (κ3) is 2.43. The Balaban J connectivity index is 1.93. The number of nitrogens with zero attached hydrogens (tertiary/aromatic N) is 2. The number of rotatable bonds is 2. The van der Waals surface area contributed by atoms with Gasteiger partial charge in [-0.15, -0.1) is 0 Å². The fourth-order valence-electron chi connectivity index (χ4n) is 2.18. The number of thiazole rings is 1. The number of hydrogen-bond donors (Lipinski definition) is 1. The summed E-state index contributed by atoms with van der Waals surface area (Å²) in [7, 11) is 0. The van der Waals surface area contributed by atoms with E-state index in [1.54, 1.807) is 17.5 Å². The third-order valence-corrected chi connectivity index (χ3v) is 4.15. The number of anilines is 2. The average molecular weight is 225 g/mol. The van der Waals surface area contributed by atoms with Gasteiger partial charge in [0.2, 0.25) is 0 Å². The first-order chi connectivity index (χ1) is 7.16. The number of hydrogen-bond acceptors (Lipinski definition) is 4. The molecule has 1 aromatic rings. The summed E-state index contributed by atoms with van der Waals surface area (Å²) in [5.41, 5.74) is 5.69. The highest BCUT2D eigenvalue weighted by Gasteiger charge is 2.22. The first kappa shape index (κ1) is 10.7. The Morgan fingerprint density at radius 3 is 2.60 bits per heavy atom. The Bertz CT molecular complexity index is 313. The minimum Gasteiger partial charge on any atom is -0.389 e. The number of nitrogens with two attached hydrogens (primary N) is 1. The minimum absolute atomic E-state index is 0.813. The van der Waals surface area contributed by atoms with E-state index in [4.69, 9.17) is 5.73 Å². The summed E-state index contributed by atoms with van der Waals surface area (Å²) in [6, 6.07) is 0. The van der Waals surface area contributed by atoms with Crippen LogP contribution in [0.5, 0.6) is 0 Å². The first-order valence-corrected chi connectivity index (χ1v) is 6.44. The minimum atomic E-state index is 0.813. The predicted octanol–water partition coefficient (Wildman–Crippen LogP) is 2.60. The van der Waals surface area contributed by atoms with Crippen LogP contribution in [0.2, 0.25) is 0 Å². The zero-order chi connectivity index (χ0) is 10.8. The molecule has 0 atom stereocenters. The van der Waals surface area contributed by atoms with Gasteiger partial charge in [-0.05, 0) is 24.7 Å². The Kier molecular flexibility index (Phi) is 3.14. The molecule has 0 aliphatic carbocycles. The molecule has 4 heteroatoms. The molecule has 0 bridgehead atoms. The molecule has 0 aromatic carbocycles. The highest BCUT2D eigenvalue weighted by molar-refractivity contribution is 7.19. The first-order valence-electron chi connectivity index (χ1n) is 5.63. The SMILES string of the molecule is CC(C)C1CCN(c2ncc(N)s2)CC1. The van der Waals surface area contributed by atoms with Crippen LogP contribution in [0.15, 0.2) is 6.20 Å². The highest BCUT2D eigenvalue weighted by Crippen LogP contribution is 2.30. The summed E-state index contributed by atoms with van der Waals surface area (Å²) >= 11 is 1.60. The standard InChI is InChI=1S/C11H19N3S/c1-8(2)9-3-5-14(6-4-9)11-13-7-10(12)15-11/h7-9H,3-6,12H2,1-2H3. The maximum absolute atomic E-state index is 5.69. The van der Waals surface area contributed by atoms with Crippen molar-refractivity contribution in [1.29, 1.82) is 0 Å². The fourth-order valence-corrected chi connectivity index (χ4v) is 2.91. The van der Waals surface area contributed by atoms with E-state index in [0.717, 1.165) is 35.1 Å². The van der Waals surface area contributed by atoms with Gasteiger partial charge < -0.3 is 10.6 Å². The van der Waals surface area contributed by atoms with Crippen LogP contribution in [0.1, 0.15) is 26.7 Å². The Morgan fingerprint density at radius 2 is 2.13 bits per heavy atom. The van der Waals surface area contributed by atoms with Crippen molar-refractivity contribution in [1.82, 2.24) is 4.98 Å². The number of piperidine rings is 1. The quantitative estimate of drug-likeness (QED) is 0.841. The predicted molar refractivity (Wildman–Crippen MR) is 66.3 cm³/mol. The summed E-state index contributed by atoms with van der Waals surface area (Å²) in [4.78, 5) is 6.69. The average Bonchev–Trinajstić information content (AvgIpc) is 2.65. The molecule has 1 aliphatic heterocycles. The van der Waals surface area contributed by atoms with E-state index in [2.05, 4.69) is 23.7 Å². The normalized spacial score (nSPS) is 18.7. The molecule has 2 N–H and O–H groups in total. The van der Waals surface area contributed by atoms with E-state index >= 15 is 0 Å². The molecule has 2 heterocycles. The molecule has 0 unspecified atom stereocenters. The molecule has 0 amide bonds. The summed E-state index contributed by atoms with van der Waals surface area (Å²) in [6.45, 7) is 6.91. The molecule has 84 valence electrons. The Labute approximate surface area is 95.3 Å². The van der Waals surface area contributed by atoms with Crippen LogP contribution >= 0.6 is 11.3 Å². The summed E-state index contributed by atoms with van der Waals surface area (Å²) in [5.74, 6) is 1.70. The second kappa shape index (κ2) is 4.39. The summed E-state index contributed by atoms with van der Waals surface area (Å²) in [5, 5.41) is 1.91. The van der Waals surface area contributed by atoms with Crippen LogP contribution in [-0.4, -0.2) is 18.1 Å². The van der Waals surface area contributed by atoms with Gasteiger partial charge in [0, 0.05) is 13.1 Å². The highest BCUT2D eigenvalue weighted by atomic mass is 32.1. The number of nitrogen functional groups attached to an aromatic ring is 1. The lowest BCUT2D eigenvalue weighted by atomic mass is 9.87. The van der Waals surface area contributed by atoms with Crippen LogP contribution in [0.4, 0.5) is 10.1 Å². The van der Waals surface area contributed by atoms with E-state index in [9.17, 15) is 0 Å². The third-order valence-electron chi connectivity index (χ3n) is 3.26. The lowest BCUT2D eigenvalue weighted by molar-refractivity contribution is 0.311. The molecular weight excluding hydrogens is 206 g/mol. The van der Waals surface area contributed by atoms with Crippen molar-refractivity contribution in [2.45, 2.75) is 26.7 Å². The molecule has 0 radical (unpaired) electrons. The number of aromatic nitrogens is 1. The zero-order valence-electron chi connectivity index (χ0n) is 9.44. The van der Waals surface area contributed by atoms with Gasteiger partial charge >= 0.3 is 0 Å². The molecule has 0 saturated carbocycles. The van der Waals surface area contributed by atoms with Crippen molar-refractivity contribution in [3.8, 4) is 0 Å². The smallest absolute Gasteiger partial charge is 0.187 e. The van der Waals surface area contributed by atoms with E-state index < -0.39 is 0 Å². The summed E-state index contributed by atoms with van der Waals surface area (Å²) < 4.78 is 0. The van der Waals surface area contributed by atoms with Crippen LogP contribution in [-0.2, 0) is 0 Å². The van der Waals surface area contributed by atoms with Crippen molar-refractivity contribution >= 4 is 21.5 Å². The van der Waals surface area contributed by atoms with Crippen LogP contribution in [0.3, 0.4) is 0 Å². The van der Waals surface area contributed by atoms with Gasteiger partial charge in [0.15, 0.2) is 5.13 Å². The Hall–Kier alpha value is -0.770. The van der Waals surface area contributed by atoms with Crippen LogP contribution in [0.25, 0.3) is 0 Å². The van der Waals surface area contributed by atoms with E-state index in [1.165, 1.54) is 12.8 Å². The van der Waals surface area contributed by atoms with Crippen molar-refractivity contribution in [3.63, 3.8) is 0 Å². The maximum atomic E-state index is 5.69. The van der Waals surface area contributed by atoms with Crippen molar-refractivity contribution in [2.24, 2.45) is 11.8 Å². The molecule has 3 nitrogen and oxygen atoms in total. The second-order valence-corrected chi connectivity index (χ2v) is 5.65. The van der Waals surface area contributed by atoms with E-state index in [-0.39, 0.29) is 0 Å². The fraction of sp³-hybridized carbons (Fsp3) is 0.727. The van der Waals surface area contributed by atoms with E-state index in [1.807, 2.05) is 0 Å². The molecule has 0 spiro atoms. The van der Waals surface area contributed by atoms with Gasteiger partial charge in [0.25, 0.3) is 0 Å². The molecule has 1 saturated heterocycles. The van der Waals surface area contributed by atoms with E-state index in [0.29, 0.717) is 0 Å². The van der Waals surface area contributed by atoms with Gasteiger partial charge in [-0.3, -0.25) is 0 Å². The molecule has 1 aliphatic rings. The second-order valence-electron chi connectivity index (χ2n) is 4.61. The molecule has 1 fully saturated rings. The molecular formula is C11H19N3S. The van der Waals surface area contributed by atoms with Gasteiger partial charge in [-0.1, -0.05) is 25.2 Å². The lowest BCUT2D eigenvalue weighted by Gasteiger charge is -2.33. The molecule has 1 aromatic heterocycles. The monoisotopic (exact) mass is 225 g/mol. The molecule has 2 rings (SSSR count). The van der Waals surface area contributed by atoms with Gasteiger partial charge in [0.05, 0.1) is 6.20 Å². The van der Waals surface area contributed by atoms with Crippen molar-refractivity contribution in [3.05, 3.63) is 6.20 Å².